The van der Waals surface area contributed by atoms with E-state index in [-0.39, 0.29) is 13.2 Å². The normalized spacial score (nSPS) is 12.0. The van der Waals surface area contributed by atoms with Gasteiger partial charge in [0, 0.05) is 6.61 Å². The van der Waals surface area contributed by atoms with Crippen LogP contribution in [0.4, 0.5) is 13.2 Å². The van der Waals surface area contributed by atoms with Gasteiger partial charge in [0.15, 0.2) is 0 Å². The average molecular weight is 270 g/mol. The highest BCUT2D eigenvalue weighted by atomic mass is 19.4. The van der Waals surface area contributed by atoms with Crippen molar-refractivity contribution < 1.29 is 23.0 Å². The summed E-state index contributed by atoms with van der Waals surface area (Å²) in [7, 11) is 0. The molecule has 5 heteroatoms. The quantitative estimate of drug-likeness (QED) is 0.532. The Bertz CT molecular complexity index is 172. The molecule has 0 spiro atoms. The Kier molecular flexibility index (Phi) is 11.6. The minimum Gasteiger partial charge on any atom is -0.396 e. The third-order valence-corrected chi connectivity index (χ3v) is 2.82. The molecule has 2 nitrogen and oxygen atoms in total. The maximum atomic E-state index is 11.6. The molecule has 0 aliphatic heterocycles. The minimum atomic E-state index is -4.48. The second-order valence-corrected chi connectivity index (χ2v) is 4.55. The highest BCUT2D eigenvalue weighted by molar-refractivity contribution is 4.48. The maximum Gasteiger partial charge on any atom is 0.522 e. The van der Waals surface area contributed by atoms with Crippen molar-refractivity contribution in [3.63, 3.8) is 0 Å². The summed E-state index contributed by atoms with van der Waals surface area (Å²) in [6.45, 7) is 0.0602. The fraction of sp³-hybridized carbons (Fsp3) is 1.00. The van der Waals surface area contributed by atoms with E-state index >= 15 is 0 Å². The van der Waals surface area contributed by atoms with Crippen molar-refractivity contribution in [2.45, 2.75) is 70.6 Å². The molecular weight excluding hydrogens is 245 g/mol. The lowest BCUT2D eigenvalue weighted by atomic mass is 10.1. The second-order valence-electron chi connectivity index (χ2n) is 4.55. The number of aliphatic hydroxyl groups excluding tert-OH is 1. The first-order chi connectivity index (χ1) is 8.56. The number of halogens is 3. The van der Waals surface area contributed by atoms with E-state index in [2.05, 4.69) is 4.74 Å². The van der Waals surface area contributed by atoms with E-state index < -0.39 is 6.36 Å². The monoisotopic (exact) mass is 270 g/mol. The van der Waals surface area contributed by atoms with E-state index in [4.69, 9.17) is 5.11 Å². The van der Waals surface area contributed by atoms with Crippen LogP contribution in [0.15, 0.2) is 0 Å². The van der Waals surface area contributed by atoms with Gasteiger partial charge in [0.1, 0.15) is 0 Å². The molecule has 0 amide bonds. The lowest BCUT2D eigenvalue weighted by Crippen LogP contribution is -2.13. The van der Waals surface area contributed by atoms with Gasteiger partial charge in [0.05, 0.1) is 6.61 Å². The van der Waals surface area contributed by atoms with Crippen LogP contribution in [0.5, 0.6) is 0 Å². The van der Waals surface area contributed by atoms with Crippen LogP contribution < -0.4 is 0 Å². The van der Waals surface area contributed by atoms with Crippen LogP contribution in [0.25, 0.3) is 0 Å². The van der Waals surface area contributed by atoms with E-state index in [0.717, 1.165) is 38.5 Å². The van der Waals surface area contributed by atoms with Crippen LogP contribution >= 0.6 is 0 Å². The fourth-order valence-electron chi connectivity index (χ4n) is 1.82. The number of rotatable bonds is 12. The van der Waals surface area contributed by atoms with Gasteiger partial charge in [-0.15, -0.1) is 13.2 Å². The van der Waals surface area contributed by atoms with Crippen molar-refractivity contribution in [3.05, 3.63) is 0 Å². The largest absolute Gasteiger partial charge is 0.522 e. The van der Waals surface area contributed by atoms with Crippen LogP contribution in [-0.4, -0.2) is 24.7 Å². The predicted octanol–water partition coefficient (Wildman–Crippen LogP) is 4.42. The van der Waals surface area contributed by atoms with Crippen molar-refractivity contribution in [2.75, 3.05) is 13.2 Å². The van der Waals surface area contributed by atoms with Gasteiger partial charge >= 0.3 is 6.36 Å². The Hall–Kier alpha value is -0.290. The number of hydrogen-bond donors (Lipinski definition) is 1. The second kappa shape index (κ2) is 11.8. The van der Waals surface area contributed by atoms with E-state index in [9.17, 15) is 13.2 Å². The van der Waals surface area contributed by atoms with Crippen molar-refractivity contribution in [1.82, 2.24) is 0 Å². The lowest BCUT2D eigenvalue weighted by Gasteiger charge is -2.06. The average Bonchev–Trinajstić information content (AvgIpc) is 2.29. The van der Waals surface area contributed by atoms with Gasteiger partial charge in [0.2, 0.25) is 0 Å². The van der Waals surface area contributed by atoms with Crippen LogP contribution in [0.3, 0.4) is 0 Å². The van der Waals surface area contributed by atoms with Crippen molar-refractivity contribution >= 4 is 0 Å². The molecule has 0 aliphatic carbocycles. The summed E-state index contributed by atoms with van der Waals surface area (Å²) in [5.74, 6) is 0. The summed E-state index contributed by atoms with van der Waals surface area (Å²) in [5, 5.41) is 8.58. The molecule has 0 heterocycles. The molecule has 0 aromatic heterocycles. The molecule has 1 N–H and O–H groups in total. The standard InChI is InChI=1S/C13H25F3O2/c14-13(15,16)18-12-10-8-6-4-2-1-3-5-7-9-11-17/h17H,1-12H2. The van der Waals surface area contributed by atoms with Crippen molar-refractivity contribution in [2.24, 2.45) is 0 Å². The van der Waals surface area contributed by atoms with Gasteiger partial charge in [-0.3, -0.25) is 4.74 Å². The summed E-state index contributed by atoms with van der Waals surface area (Å²) in [6.07, 6.45) is 5.56. The molecule has 0 radical (unpaired) electrons. The fourth-order valence-corrected chi connectivity index (χ4v) is 1.82. The van der Waals surface area contributed by atoms with Crippen LogP contribution in [-0.2, 0) is 4.74 Å². The molecule has 0 aliphatic rings. The molecule has 0 bridgehead atoms. The topological polar surface area (TPSA) is 29.5 Å². The summed E-state index contributed by atoms with van der Waals surface area (Å²) < 4.78 is 38.6. The zero-order chi connectivity index (χ0) is 13.7. The molecule has 18 heavy (non-hydrogen) atoms. The predicted molar refractivity (Wildman–Crippen MR) is 65.3 cm³/mol. The third-order valence-electron chi connectivity index (χ3n) is 2.82. The number of hydrogen-bond acceptors (Lipinski definition) is 2. The number of aliphatic hydroxyl groups is 1. The van der Waals surface area contributed by atoms with Crippen molar-refractivity contribution in [3.8, 4) is 0 Å². The zero-order valence-corrected chi connectivity index (χ0v) is 11.0. The molecule has 0 atom stereocenters. The Labute approximate surface area is 108 Å². The Balaban J connectivity index is 2.99. The minimum absolute atomic E-state index is 0.218. The van der Waals surface area contributed by atoms with Gasteiger partial charge in [0.25, 0.3) is 0 Å². The first-order valence-electron chi connectivity index (χ1n) is 6.88. The van der Waals surface area contributed by atoms with Gasteiger partial charge in [-0.1, -0.05) is 51.4 Å². The van der Waals surface area contributed by atoms with Gasteiger partial charge < -0.3 is 5.11 Å². The number of alkyl halides is 3. The van der Waals surface area contributed by atoms with Crippen molar-refractivity contribution in [1.29, 1.82) is 0 Å². The first kappa shape index (κ1) is 17.7. The van der Waals surface area contributed by atoms with Crippen LogP contribution in [0.2, 0.25) is 0 Å². The molecular formula is C13H25F3O2. The van der Waals surface area contributed by atoms with Gasteiger partial charge in [-0.25, -0.2) is 0 Å². The van der Waals surface area contributed by atoms with E-state index in [0.29, 0.717) is 6.42 Å². The zero-order valence-electron chi connectivity index (χ0n) is 11.0. The molecule has 0 saturated carbocycles. The lowest BCUT2D eigenvalue weighted by molar-refractivity contribution is -0.324. The van der Waals surface area contributed by atoms with E-state index in [1.54, 1.807) is 0 Å². The van der Waals surface area contributed by atoms with E-state index in [1.165, 1.54) is 19.3 Å². The van der Waals surface area contributed by atoms with Gasteiger partial charge in [-0.05, 0) is 12.8 Å². The summed E-state index contributed by atoms with van der Waals surface area (Å²) >= 11 is 0. The number of ether oxygens (including phenoxy) is 1. The molecule has 0 aromatic rings. The maximum absolute atomic E-state index is 11.6. The smallest absolute Gasteiger partial charge is 0.396 e. The SMILES string of the molecule is OCCCCCCCCCCCCOC(F)(F)F. The Morgan fingerprint density at radius 3 is 1.44 bits per heavy atom. The summed E-state index contributed by atoms with van der Waals surface area (Å²) in [5.41, 5.74) is 0. The summed E-state index contributed by atoms with van der Waals surface area (Å²) in [6, 6.07) is 0. The Morgan fingerprint density at radius 1 is 0.667 bits per heavy atom. The summed E-state index contributed by atoms with van der Waals surface area (Å²) in [4.78, 5) is 0. The third kappa shape index (κ3) is 15.7. The molecule has 0 fully saturated rings. The van der Waals surface area contributed by atoms with Crippen LogP contribution in [0.1, 0.15) is 64.2 Å². The molecule has 0 rings (SSSR count). The molecule has 0 unspecified atom stereocenters. The first-order valence-corrected chi connectivity index (χ1v) is 6.88. The van der Waals surface area contributed by atoms with Crippen LogP contribution in [0, 0.1) is 0 Å². The molecule has 110 valence electrons. The molecule has 0 saturated heterocycles. The highest BCUT2D eigenvalue weighted by Gasteiger charge is 2.28. The van der Waals surface area contributed by atoms with Gasteiger partial charge in [-0.2, -0.15) is 0 Å². The van der Waals surface area contributed by atoms with E-state index in [1.807, 2.05) is 0 Å². The highest BCUT2D eigenvalue weighted by Crippen LogP contribution is 2.17. The molecule has 0 aromatic carbocycles. The number of unbranched alkanes of at least 4 members (excludes halogenated alkanes) is 9. The Morgan fingerprint density at radius 2 is 1.06 bits per heavy atom.